The minimum Gasteiger partial charge on any atom is -0.497 e. The minimum atomic E-state index is -0.218. The maximum absolute atomic E-state index is 12.5. The molecule has 2 heterocycles. The van der Waals surface area contributed by atoms with Crippen molar-refractivity contribution >= 4 is 22.6 Å². The maximum atomic E-state index is 12.5. The topological polar surface area (TPSA) is 51.9 Å². The molecule has 5 nitrogen and oxygen atoms in total. The molecule has 0 saturated heterocycles. The summed E-state index contributed by atoms with van der Waals surface area (Å²) in [6.45, 7) is 1.93. The quantitative estimate of drug-likeness (QED) is 0.598. The van der Waals surface area contributed by atoms with Crippen molar-refractivity contribution in [1.29, 1.82) is 0 Å². The van der Waals surface area contributed by atoms with Gasteiger partial charge in [-0.2, -0.15) is 0 Å². The molecular weight excluding hydrogens is 390 g/mol. The fourth-order valence-corrected chi connectivity index (χ4v) is 4.65. The number of hydrogen-bond acceptors (Lipinski definition) is 5. The zero-order valence-electron chi connectivity index (χ0n) is 16.3. The van der Waals surface area contributed by atoms with Crippen molar-refractivity contribution in [3.8, 4) is 11.5 Å². The van der Waals surface area contributed by atoms with Crippen LogP contribution in [0.2, 0.25) is 5.02 Å². The molecule has 0 bridgehead atoms. The Labute approximate surface area is 173 Å². The molecule has 0 N–H and O–H groups in total. The van der Waals surface area contributed by atoms with Crippen molar-refractivity contribution in [3.63, 3.8) is 0 Å². The number of methoxy groups -OCH3 is 1. The second-order valence-electron chi connectivity index (χ2n) is 7.67. The van der Waals surface area contributed by atoms with E-state index >= 15 is 0 Å². The van der Waals surface area contributed by atoms with Crippen molar-refractivity contribution in [2.45, 2.75) is 32.2 Å². The molecule has 1 aliphatic heterocycles. The van der Waals surface area contributed by atoms with E-state index in [9.17, 15) is 4.79 Å². The smallest absolute Gasteiger partial charge is 0.339 e. The van der Waals surface area contributed by atoms with Crippen molar-refractivity contribution in [2.75, 3.05) is 20.4 Å². The lowest BCUT2D eigenvalue weighted by Gasteiger charge is -2.30. The standard InChI is InChI=1S/C23H22ClNO4/c1-27-15-7-5-14(6-8-15)9-10-25-12-19-21-18(11-20(24)22(19)28-13-25)16-3-2-4-17(16)23(26)29-21/h5-8,11H,2-4,9-10,12-13H2,1H3. The SMILES string of the molecule is COc1ccc(CCN2COc3c(Cl)cc4c5c(c(=O)oc4c3C2)CCC5)cc1. The molecule has 0 saturated carbocycles. The van der Waals surface area contributed by atoms with Gasteiger partial charge in [-0.05, 0) is 55.0 Å². The molecule has 1 aromatic heterocycles. The molecule has 0 spiro atoms. The predicted molar refractivity (Wildman–Crippen MR) is 112 cm³/mol. The van der Waals surface area contributed by atoms with Gasteiger partial charge in [0, 0.05) is 24.0 Å². The molecule has 1 aliphatic carbocycles. The number of rotatable bonds is 4. The molecule has 0 radical (unpaired) electrons. The summed E-state index contributed by atoms with van der Waals surface area (Å²) < 4.78 is 16.9. The van der Waals surface area contributed by atoms with Crippen LogP contribution < -0.4 is 15.1 Å². The Morgan fingerprint density at radius 1 is 1.14 bits per heavy atom. The number of nitrogens with zero attached hydrogens (tertiary/aromatic N) is 1. The first-order valence-corrected chi connectivity index (χ1v) is 10.3. The van der Waals surface area contributed by atoms with Crippen molar-refractivity contribution < 1.29 is 13.9 Å². The van der Waals surface area contributed by atoms with Crippen LogP contribution >= 0.6 is 11.6 Å². The number of aryl methyl sites for hydroxylation is 1. The van der Waals surface area contributed by atoms with Crippen LogP contribution in [-0.4, -0.2) is 25.3 Å². The molecule has 2 aliphatic rings. The van der Waals surface area contributed by atoms with Crippen LogP contribution in [-0.2, 0) is 25.8 Å². The van der Waals surface area contributed by atoms with E-state index in [4.69, 9.17) is 25.5 Å². The van der Waals surface area contributed by atoms with E-state index in [1.54, 1.807) is 7.11 Å². The number of ether oxygens (including phenoxy) is 2. The zero-order valence-corrected chi connectivity index (χ0v) is 17.1. The molecule has 5 rings (SSSR count). The van der Waals surface area contributed by atoms with Gasteiger partial charge in [0.05, 0.1) is 17.7 Å². The Hall–Kier alpha value is -2.50. The molecule has 0 unspecified atom stereocenters. The monoisotopic (exact) mass is 411 g/mol. The van der Waals surface area contributed by atoms with Crippen LogP contribution in [0.3, 0.4) is 0 Å². The van der Waals surface area contributed by atoms with Crippen molar-refractivity contribution in [3.05, 3.63) is 68.0 Å². The summed E-state index contributed by atoms with van der Waals surface area (Å²) in [5.74, 6) is 1.49. The van der Waals surface area contributed by atoms with Gasteiger partial charge in [-0.25, -0.2) is 4.79 Å². The van der Waals surface area contributed by atoms with Gasteiger partial charge in [0.2, 0.25) is 0 Å². The lowest BCUT2D eigenvalue weighted by atomic mass is 10.0. The molecule has 0 amide bonds. The molecule has 3 aromatic rings. The van der Waals surface area contributed by atoms with E-state index in [0.29, 0.717) is 29.6 Å². The fraction of sp³-hybridized carbons (Fsp3) is 0.348. The van der Waals surface area contributed by atoms with E-state index in [0.717, 1.165) is 60.1 Å². The zero-order chi connectivity index (χ0) is 20.0. The van der Waals surface area contributed by atoms with Gasteiger partial charge in [0.15, 0.2) is 0 Å². The lowest BCUT2D eigenvalue weighted by Crippen LogP contribution is -2.34. The molecular formula is C23H22ClNO4. The van der Waals surface area contributed by atoms with Crippen LogP contribution in [0.25, 0.3) is 11.0 Å². The Bertz CT molecular complexity index is 1140. The summed E-state index contributed by atoms with van der Waals surface area (Å²) in [4.78, 5) is 14.7. The van der Waals surface area contributed by atoms with Crippen molar-refractivity contribution in [1.82, 2.24) is 4.90 Å². The van der Waals surface area contributed by atoms with Gasteiger partial charge < -0.3 is 13.9 Å². The highest BCUT2D eigenvalue weighted by Gasteiger charge is 2.27. The highest BCUT2D eigenvalue weighted by molar-refractivity contribution is 6.33. The first kappa shape index (κ1) is 18.5. The van der Waals surface area contributed by atoms with Crippen LogP contribution in [0.5, 0.6) is 11.5 Å². The van der Waals surface area contributed by atoms with Gasteiger partial charge in [0.25, 0.3) is 0 Å². The van der Waals surface area contributed by atoms with Crippen LogP contribution in [0.1, 0.15) is 28.7 Å². The van der Waals surface area contributed by atoms with E-state index in [-0.39, 0.29) is 5.63 Å². The van der Waals surface area contributed by atoms with Crippen molar-refractivity contribution in [2.24, 2.45) is 0 Å². The molecule has 0 atom stereocenters. The van der Waals surface area contributed by atoms with Gasteiger partial charge in [0.1, 0.15) is 23.8 Å². The van der Waals surface area contributed by atoms with Gasteiger partial charge >= 0.3 is 5.63 Å². The highest BCUT2D eigenvalue weighted by Crippen LogP contribution is 2.41. The van der Waals surface area contributed by atoms with Crippen LogP contribution in [0.4, 0.5) is 0 Å². The van der Waals surface area contributed by atoms with Gasteiger partial charge in [-0.3, -0.25) is 4.90 Å². The lowest BCUT2D eigenvalue weighted by molar-refractivity contribution is 0.0968. The van der Waals surface area contributed by atoms with E-state index in [2.05, 4.69) is 17.0 Å². The Morgan fingerprint density at radius 2 is 1.93 bits per heavy atom. The average Bonchev–Trinajstić information content (AvgIpc) is 3.25. The molecule has 2 aromatic carbocycles. The largest absolute Gasteiger partial charge is 0.497 e. The Balaban J connectivity index is 1.44. The maximum Gasteiger partial charge on any atom is 0.339 e. The summed E-state index contributed by atoms with van der Waals surface area (Å²) in [5.41, 5.74) is 4.42. The molecule has 29 heavy (non-hydrogen) atoms. The van der Waals surface area contributed by atoms with Gasteiger partial charge in [-0.15, -0.1) is 0 Å². The highest BCUT2D eigenvalue weighted by atomic mass is 35.5. The second-order valence-corrected chi connectivity index (χ2v) is 8.07. The van der Waals surface area contributed by atoms with Crippen LogP contribution in [0.15, 0.2) is 39.5 Å². The fourth-order valence-electron chi connectivity index (χ4n) is 4.38. The molecule has 0 fully saturated rings. The number of fused-ring (bicyclic) bond motifs is 5. The number of halogens is 1. The first-order chi connectivity index (χ1) is 14.1. The van der Waals surface area contributed by atoms with Gasteiger partial charge in [-0.1, -0.05) is 23.7 Å². The summed E-state index contributed by atoms with van der Waals surface area (Å²) >= 11 is 6.54. The third kappa shape index (κ3) is 3.28. The predicted octanol–water partition coefficient (Wildman–Crippen LogP) is 4.34. The van der Waals surface area contributed by atoms with Crippen LogP contribution in [0, 0.1) is 0 Å². The molecule has 6 heteroatoms. The third-order valence-electron chi connectivity index (χ3n) is 5.91. The summed E-state index contributed by atoms with van der Waals surface area (Å²) in [7, 11) is 1.67. The Morgan fingerprint density at radius 3 is 2.72 bits per heavy atom. The summed E-state index contributed by atoms with van der Waals surface area (Å²) in [5, 5.41) is 1.55. The first-order valence-electron chi connectivity index (χ1n) is 9.92. The molecule has 150 valence electrons. The van der Waals surface area contributed by atoms with E-state index < -0.39 is 0 Å². The third-order valence-corrected chi connectivity index (χ3v) is 6.19. The Kier molecular flexibility index (Phi) is 4.72. The number of hydrogen-bond donors (Lipinski definition) is 0. The normalized spacial score (nSPS) is 15.8. The summed E-state index contributed by atoms with van der Waals surface area (Å²) in [6, 6.07) is 9.99. The second kappa shape index (κ2) is 7.39. The minimum absolute atomic E-state index is 0.218. The number of benzene rings is 2. The summed E-state index contributed by atoms with van der Waals surface area (Å²) in [6.07, 6.45) is 3.56. The van der Waals surface area contributed by atoms with E-state index in [1.165, 1.54) is 5.56 Å². The average molecular weight is 412 g/mol. The van der Waals surface area contributed by atoms with E-state index in [1.807, 2.05) is 18.2 Å².